The number of pyridine rings is 1. The van der Waals surface area contributed by atoms with Crippen LogP contribution in [0.5, 0.6) is 5.75 Å². The number of rotatable bonds is 3. The summed E-state index contributed by atoms with van der Waals surface area (Å²) in [5.41, 5.74) is 2.58. The van der Waals surface area contributed by atoms with E-state index >= 15 is 0 Å². The van der Waals surface area contributed by atoms with Gasteiger partial charge < -0.3 is 4.74 Å². The van der Waals surface area contributed by atoms with Crippen molar-refractivity contribution >= 4 is 28.4 Å². The monoisotopic (exact) mass is 316 g/mol. The number of ether oxygens (including phenoxy) is 1. The highest BCUT2D eigenvalue weighted by molar-refractivity contribution is 6.25. The van der Waals surface area contributed by atoms with Crippen LogP contribution in [0.15, 0.2) is 48.5 Å². The van der Waals surface area contributed by atoms with Crippen molar-refractivity contribution in [2.45, 2.75) is 0 Å². The summed E-state index contributed by atoms with van der Waals surface area (Å²) >= 11 is 5.78. The van der Waals surface area contributed by atoms with Crippen molar-refractivity contribution < 1.29 is 9.13 Å². The third-order valence-corrected chi connectivity index (χ3v) is 3.65. The maximum atomic E-state index is 14.0. The molecule has 0 fully saturated rings. The lowest BCUT2D eigenvalue weighted by Gasteiger charge is -2.11. The molecule has 0 aliphatic rings. The molecule has 0 N–H and O–H groups in total. The quantitative estimate of drug-likeness (QED) is 0.658. The maximum Gasteiger partial charge on any atom is 0.148 e. The molecule has 0 saturated carbocycles. The SMILES string of the molecule is COc1ccc2nc(-c3ccc(N(C)Cl)c(F)c3)ccc2c1. The number of hydrogen-bond donors (Lipinski definition) is 0. The van der Waals surface area contributed by atoms with E-state index in [0.717, 1.165) is 16.7 Å². The van der Waals surface area contributed by atoms with Gasteiger partial charge in [-0.05, 0) is 36.4 Å². The van der Waals surface area contributed by atoms with Crippen molar-refractivity contribution in [3.8, 4) is 17.0 Å². The zero-order valence-corrected chi connectivity index (χ0v) is 12.9. The second-order valence-electron chi connectivity index (χ2n) is 4.90. The number of nitrogens with zero attached hydrogens (tertiary/aromatic N) is 2. The minimum Gasteiger partial charge on any atom is -0.497 e. The molecule has 1 heterocycles. The van der Waals surface area contributed by atoms with Crippen molar-refractivity contribution in [3.05, 3.63) is 54.3 Å². The van der Waals surface area contributed by atoms with Crippen LogP contribution in [0, 0.1) is 5.82 Å². The van der Waals surface area contributed by atoms with Crippen LogP contribution in [0.25, 0.3) is 22.2 Å². The number of hydrogen-bond acceptors (Lipinski definition) is 3. The number of methoxy groups -OCH3 is 1. The van der Waals surface area contributed by atoms with Gasteiger partial charge in [0.25, 0.3) is 0 Å². The van der Waals surface area contributed by atoms with E-state index in [1.165, 1.54) is 10.5 Å². The Balaban J connectivity index is 2.05. The van der Waals surface area contributed by atoms with E-state index in [9.17, 15) is 4.39 Å². The molecule has 0 bridgehead atoms. The summed E-state index contributed by atoms with van der Waals surface area (Å²) in [5, 5.41) is 0.973. The Morgan fingerprint density at radius 2 is 1.91 bits per heavy atom. The highest BCUT2D eigenvalue weighted by atomic mass is 35.5. The molecule has 0 saturated heterocycles. The van der Waals surface area contributed by atoms with Crippen LogP contribution < -0.4 is 9.16 Å². The number of aromatic nitrogens is 1. The van der Waals surface area contributed by atoms with Crippen molar-refractivity contribution in [3.63, 3.8) is 0 Å². The number of fused-ring (bicyclic) bond motifs is 1. The number of anilines is 1. The van der Waals surface area contributed by atoms with Gasteiger partial charge in [0.1, 0.15) is 11.6 Å². The number of benzene rings is 2. The van der Waals surface area contributed by atoms with Gasteiger partial charge in [-0.3, -0.25) is 4.42 Å². The van der Waals surface area contributed by atoms with Gasteiger partial charge in [-0.25, -0.2) is 9.37 Å². The van der Waals surface area contributed by atoms with Gasteiger partial charge in [-0.15, -0.1) is 0 Å². The zero-order valence-electron chi connectivity index (χ0n) is 12.2. The van der Waals surface area contributed by atoms with Crippen LogP contribution in [0.2, 0.25) is 0 Å². The molecule has 0 aliphatic carbocycles. The molecule has 3 rings (SSSR count). The van der Waals surface area contributed by atoms with Gasteiger partial charge in [-0.1, -0.05) is 12.1 Å². The summed E-state index contributed by atoms with van der Waals surface area (Å²) in [6.07, 6.45) is 0. The topological polar surface area (TPSA) is 25.4 Å². The minimum atomic E-state index is -0.383. The molecule has 0 unspecified atom stereocenters. The number of halogens is 2. The lowest BCUT2D eigenvalue weighted by Crippen LogP contribution is -2.03. The molecule has 1 aromatic heterocycles. The first-order valence-electron chi connectivity index (χ1n) is 6.73. The minimum absolute atomic E-state index is 0.330. The molecule has 22 heavy (non-hydrogen) atoms. The largest absolute Gasteiger partial charge is 0.497 e. The molecule has 2 aromatic carbocycles. The second-order valence-corrected chi connectivity index (χ2v) is 5.41. The van der Waals surface area contributed by atoms with Gasteiger partial charge in [0.15, 0.2) is 0 Å². The van der Waals surface area contributed by atoms with Gasteiger partial charge >= 0.3 is 0 Å². The van der Waals surface area contributed by atoms with Crippen LogP contribution in [0.3, 0.4) is 0 Å². The van der Waals surface area contributed by atoms with E-state index in [4.69, 9.17) is 16.5 Å². The van der Waals surface area contributed by atoms with Crippen LogP contribution in [-0.2, 0) is 0 Å². The van der Waals surface area contributed by atoms with E-state index in [0.29, 0.717) is 16.9 Å². The van der Waals surface area contributed by atoms with Gasteiger partial charge in [-0.2, -0.15) is 0 Å². The third kappa shape index (κ3) is 2.70. The molecule has 0 spiro atoms. The molecule has 0 amide bonds. The third-order valence-electron chi connectivity index (χ3n) is 3.47. The second kappa shape index (κ2) is 5.81. The highest BCUT2D eigenvalue weighted by Crippen LogP contribution is 2.28. The highest BCUT2D eigenvalue weighted by Gasteiger charge is 2.09. The summed E-state index contributed by atoms with van der Waals surface area (Å²) in [6, 6.07) is 14.3. The van der Waals surface area contributed by atoms with Crippen LogP contribution >= 0.6 is 11.8 Å². The summed E-state index contributed by atoms with van der Waals surface area (Å²) in [5.74, 6) is 0.397. The van der Waals surface area contributed by atoms with Crippen molar-refractivity contribution in [2.24, 2.45) is 0 Å². The van der Waals surface area contributed by atoms with E-state index < -0.39 is 0 Å². The average Bonchev–Trinajstić information content (AvgIpc) is 2.53. The maximum absolute atomic E-state index is 14.0. The smallest absolute Gasteiger partial charge is 0.148 e. The standard InChI is InChI=1S/C17H14ClFN2O/c1-21(18)17-8-4-12(10-14(17)19)15-6-3-11-9-13(22-2)5-7-16(11)20-15/h3-10H,1-2H3. The lowest BCUT2D eigenvalue weighted by atomic mass is 10.1. The van der Waals surface area contributed by atoms with Gasteiger partial charge in [0.05, 0.1) is 24.0 Å². The normalized spacial score (nSPS) is 10.7. The predicted octanol–water partition coefficient (Wildman–Crippen LogP) is 4.64. The fourth-order valence-electron chi connectivity index (χ4n) is 2.31. The Labute approximate surface area is 133 Å². The molecular formula is C17H14ClFN2O. The van der Waals surface area contributed by atoms with Gasteiger partial charge in [0, 0.05) is 29.8 Å². The Hall–Kier alpha value is -2.33. The first-order chi connectivity index (χ1) is 10.6. The Kier molecular flexibility index (Phi) is 3.86. The molecule has 112 valence electrons. The first-order valence-corrected chi connectivity index (χ1v) is 7.06. The molecule has 5 heteroatoms. The molecule has 0 aliphatic heterocycles. The van der Waals surface area contributed by atoms with E-state index in [2.05, 4.69) is 4.98 Å². The fourth-order valence-corrected chi connectivity index (χ4v) is 2.44. The van der Waals surface area contributed by atoms with E-state index in [1.54, 1.807) is 26.3 Å². The molecular weight excluding hydrogens is 303 g/mol. The Bertz CT molecular complexity index is 836. The zero-order chi connectivity index (χ0) is 15.7. The predicted molar refractivity (Wildman–Crippen MR) is 87.9 cm³/mol. The average molecular weight is 317 g/mol. The molecule has 0 atom stereocenters. The van der Waals surface area contributed by atoms with Crippen LogP contribution in [0.4, 0.5) is 10.1 Å². The first kappa shape index (κ1) is 14.6. The van der Waals surface area contributed by atoms with E-state index in [1.807, 2.05) is 30.3 Å². The van der Waals surface area contributed by atoms with Crippen molar-refractivity contribution in [1.29, 1.82) is 0 Å². The Morgan fingerprint density at radius 3 is 2.59 bits per heavy atom. The van der Waals surface area contributed by atoms with Crippen molar-refractivity contribution in [1.82, 2.24) is 4.98 Å². The van der Waals surface area contributed by atoms with Crippen LogP contribution in [0.1, 0.15) is 0 Å². The summed E-state index contributed by atoms with van der Waals surface area (Å²) in [4.78, 5) is 4.57. The molecule has 3 nitrogen and oxygen atoms in total. The molecule has 0 radical (unpaired) electrons. The van der Waals surface area contributed by atoms with Crippen LogP contribution in [-0.4, -0.2) is 19.1 Å². The van der Waals surface area contributed by atoms with Gasteiger partial charge in [0.2, 0.25) is 0 Å². The van der Waals surface area contributed by atoms with Crippen molar-refractivity contribution in [2.75, 3.05) is 18.6 Å². The summed E-state index contributed by atoms with van der Waals surface area (Å²) in [7, 11) is 3.21. The van der Waals surface area contributed by atoms with E-state index in [-0.39, 0.29) is 5.82 Å². The Morgan fingerprint density at radius 1 is 1.09 bits per heavy atom. The lowest BCUT2D eigenvalue weighted by molar-refractivity contribution is 0.415. The fraction of sp³-hybridized carbons (Fsp3) is 0.118. The molecule has 3 aromatic rings. The summed E-state index contributed by atoms with van der Waals surface area (Å²) < 4.78 is 20.4. The summed E-state index contributed by atoms with van der Waals surface area (Å²) in [6.45, 7) is 0.